The lowest BCUT2D eigenvalue weighted by Crippen LogP contribution is -2.52. The monoisotopic (exact) mass is 477 g/mol. The Labute approximate surface area is 201 Å². The number of benzene rings is 3. The highest BCUT2D eigenvalue weighted by atomic mass is 32.2. The molecule has 1 aliphatic rings. The van der Waals surface area contributed by atoms with Crippen molar-refractivity contribution in [3.8, 4) is 0 Å². The van der Waals surface area contributed by atoms with E-state index in [0.29, 0.717) is 26.1 Å². The highest BCUT2D eigenvalue weighted by molar-refractivity contribution is 7.89. The van der Waals surface area contributed by atoms with Gasteiger partial charge in [0.2, 0.25) is 15.9 Å². The molecular formula is C27H31N3O3S. The van der Waals surface area contributed by atoms with Gasteiger partial charge in [-0.2, -0.15) is 0 Å². The second-order valence-corrected chi connectivity index (χ2v) is 10.6. The van der Waals surface area contributed by atoms with Crippen molar-refractivity contribution in [1.29, 1.82) is 0 Å². The number of rotatable bonds is 8. The first-order valence-electron chi connectivity index (χ1n) is 11.6. The number of hydrogen-bond donors (Lipinski definition) is 3. The summed E-state index contributed by atoms with van der Waals surface area (Å²) in [6.45, 7) is 3.41. The molecule has 2 atom stereocenters. The maximum absolute atomic E-state index is 13.1. The van der Waals surface area contributed by atoms with E-state index in [-0.39, 0.29) is 28.7 Å². The molecule has 6 nitrogen and oxygen atoms in total. The lowest BCUT2D eigenvalue weighted by atomic mass is 9.90. The van der Waals surface area contributed by atoms with Gasteiger partial charge in [0.15, 0.2) is 0 Å². The van der Waals surface area contributed by atoms with E-state index in [1.54, 1.807) is 24.3 Å². The van der Waals surface area contributed by atoms with Crippen LogP contribution < -0.4 is 15.4 Å². The van der Waals surface area contributed by atoms with E-state index in [1.807, 2.05) is 43.3 Å². The van der Waals surface area contributed by atoms with Gasteiger partial charge in [-0.1, -0.05) is 78.4 Å². The zero-order valence-electron chi connectivity index (χ0n) is 19.3. The van der Waals surface area contributed by atoms with E-state index in [1.165, 1.54) is 0 Å². The van der Waals surface area contributed by atoms with Gasteiger partial charge in [0.05, 0.1) is 10.8 Å². The minimum Gasteiger partial charge on any atom is -0.355 e. The van der Waals surface area contributed by atoms with Crippen LogP contribution in [0.1, 0.15) is 29.0 Å². The first kappa shape index (κ1) is 24.1. The average Bonchev–Trinajstić information content (AvgIpc) is 2.85. The molecule has 0 saturated carbocycles. The number of carbonyl (C=O) groups is 1. The third-order valence-corrected chi connectivity index (χ3v) is 7.80. The molecule has 0 aliphatic carbocycles. The summed E-state index contributed by atoms with van der Waals surface area (Å²) in [6, 6.07) is 26.7. The zero-order chi connectivity index (χ0) is 24.0. The molecule has 1 saturated heterocycles. The summed E-state index contributed by atoms with van der Waals surface area (Å²) in [4.78, 5) is 13.3. The van der Waals surface area contributed by atoms with Gasteiger partial charge in [0.1, 0.15) is 0 Å². The fourth-order valence-electron chi connectivity index (χ4n) is 4.38. The Bertz CT molecular complexity index is 1140. The highest BCUT2D eigenvalue weighted by Gasteiger charge is 2.30. The van der Waals surface area contributed by atoms with Gasteiger partial charge >= 0.3 is 0 Å². The van der Waals surface area contributed by atoms with Crippen molar-refractivity contribution < 1.29 is 13.2 Å². The topological polar surface area (TPSA) is 87.3 Å². The number of hydrogen-bond acceptors (Lipinski definition) is 4. The Morgan fingerprint density at radius 1 is 0.912 bits per heavy atom. The van der Waals surface area contributed by atoms with Crippen molar-refractivity contribution in [2.24, 2.45) is 5.92 Å². The van der Waals surface area contributed by atoms with Crippen LogP contribution in [0.2, 0.25) is 0 Å². The average molecular weight is 478 g/mol. The predicted molar refractivity (Wildman–Crippen MR) is 134 cm³/mol. The van der Waals surface area contributed by atoms with Gasteiger partial charge < -0.3 is 10.6 Å². The van der Waals surface area contributed by atoms with Crippen molar-refractivity contribution in [3.63, 3.8) is 0 Å². The molecule has 1 amide bonds. The van der Waals surface area contributed by atoms with Crippen LogP contribution in [0.3, 0.4) is 0 Å². The summed E-state index contributed by atoms with van der Waals surface area (Å²) in [7, 11) is -3.65. The Kier molecular flexibility index (Phi) is 7.77. The minimum absolute atomic E-state index is 0.0405. The number of aryl methyl sites for hydroxylation is 1. The molecule has 1 heterocycles. The summed E-state index contributed by atoms with van der Waals surface area (Å²) in [5.41, 5.74) is 3.28. The predicted octanol–water partition coefficient (Wildman–Crippen LogP) is 3.20. The molecule has 0 spiro atoms. The van der Waals surface area contributed by atoms with Crippen LogP contribution >= 0.6 is 0 Å². The molecule has 0 aromatic heterocycles. The lowest BCUT2D eigenvalue weighted by molar-refractivity contribution is -0.125. The third-order valence-electron chi connectivity index (χ3n) is 6.26. The van der Waals surface area contributed by atoms with E-state index in [2.05, 4.69) is 39.6 Å². The van der Waals surface area contributed by atoms with E-state index in [9.17, 15) is 13.2 Å². The van der Waals surface area contributed by atoms with Gasteiger partial charge in [0.25, 0.3) is 0 Å². The van der Waals surface area contributed by atoms with E-state index in [4.69, 9.17) is 0 Å². The van der Waals surface area contributed by atoms with Crippen molar-refractivity contribution in [1.82, 2.24) is 15.4 Å². The largest absolute Gasteiger partial charge is 0.355 e. The standard InChI is InChI=1S/C27H31N3O3S/c1-20-12-14-25(15-13-20)34(32,33)30-24-16-23(17-28-18-24)27(31)29-19-26(21-8-4-2-5-9-21)22-10-6-3-7-11-22/h2-15,23-24,26,28,30H,16-19H2,1H3,(H,29,31)/t23-,24+/m1/s1. The first-order valence-corrected chi connectivity index (χ1v) is 13.1. The SMILES string of the molecule is Cc1ccc(S(=O)(=O)N[C@@H]2CNC[C@H](C(=O)NCC(c3ccccc3)c3ccccc3)C2)cc1. The van der Waals surface area contributed by atoms with E-state index in [0.717, 1.165) is 16.7 Å². The van der Waals surface area contributed by atoms with Crippen LogP contribution in [0, 0.1) is 12.8 Å². The molecule has 3 aromatic rings. The molecule has 0 radical (unpaired) electrons. The summed E-state index contributed by atoms with van der Waals surface area (Å²) >= 11 is 0. The van der Waals surface area contributed by atoms with Crippen LogP contribution in [-0.2, 0) is 14.8 Å². The summed E-state index contributed by atoms with van der Waals surface area (Å²) in [5, 5.41) is 6.33. The Hall–Kier alpha value is -3.00. The van der Waals surface area contributed by atoms with Crippen LogP contribution in [-0.4, -0.2) is 40.0 Å². The van der Waals surface area contributed by atoms with Crippen LogP contribution in [0.25, 0.3) is 0 Å². The van der Waals surface area contributed by atoms with Crippen molar-refractivity contribution >= 4 is 15.9 Å². The number of amides is 1. The number of carbonyl (C=O) groups excluding carboxylic acids is 1. The van der Waals surface area contributed by atoms with E-state index >= 15 is 0 Å². The summed E-state index contributed by atoms with van der Waals surface area (Å²) < 4.78 is 28.3. The normalized spacial score (nSPS) is 18.5. The minimum atomic E-state index is -3.65. The second kappa shape index (κ2) is 11.0. The van der Waals surface area contributed by atoms with Crippen molar-refractivity contribution in [3.05, 3.63) is 102 Å². The first-order chi connectivity index (χ1) is 16.4. The van der Waals surface area contributed by atoms with Crippen LogP contribution in [0.15, 0.2) is 89.8 Å². The number of nitrogens with one attached hydrogen (secondary N) is 3. The summed E-state index contributed by atoms with van der Waals surface area (Å²) in [6.07, 6.45) is 0.450. The van der Waals surface area contributed by atoms with Crippen molar-refractivity contribution in [2.45, 2.75) is 30.2 Å². The zero-order valence-corrected chi connectivity index (χ0v) is 20.1. The maximum Gasteiger partial charge on any atom is 0.240 e. The Balaban J connectivity index is 1.39. The molecule has 3 aromatic carbocycles. The fraction of sp³-hybridized carbons (Fsp3) is 0.296. The molecule has 3 N–H and O–H groups in total. The van der Waals surface area contributed by atoms with Gasteiger partial charge in [0, 0.05) is 31.6 Å². The molecule has 1 aliphatic heterocycles. The molecule has 0 unspecified atom stereocenters. The van der Waals surface area contributed by atoms with E-state index < -0.39 is 10.0 Å². The molecule has 4 rings (SSSR count). The maximum atomic E-state index is 13.1. The quantitative estimate of drug-likeness (QED) is 0.465. The molecule has 34 heavy (non-hydrogen) atoms. The number of sulfonamides is 1. The highest BCUT2D eigenvalue weighted by Crippen LogP contribution is 2.24. The van der Waals surface area contributed by atoms with Crippen LogP contribution in [0.4, 0.5) is 0 Å². The Morgan fingerprint density at radius 2 is 1.50 bits per heavy atom. The van der Waals surface area contributed by atoms with Gasteiger partial charge in [-0.25, -0.2) is 13.1 Å². The smallest absolute Gasteiger partial charge is 0.240 e. The Morgan fingerprint density at radius 3 is 2.09 bits per heavy atom. The van der Waals surface area contributed by atoms with Gasteiger partial charge in [-0.05, 0) is 36.6 Å². The molecule has 178 valence electrons. The van der Waals surface area contributed by atoms with Gasteiger partial charge in [-0.15, -0.1) is 0 Å². The number of piperidine rings is 1. The molecule has 0 bridgehead atoms. The molecule has 1 fully saturated rings. The molecular weight excluding hydrogens is 446 g/mol. The lowest BCUT2D eigenvalue weighted by Gasteiger charge is -2.30. The fourth-order valence-corrected chi connectivity index (χ4v) is 5.63. The van der Waals surface area contributed by atoms with Crippen LogP contribution in [0.5, 0.6) is 0 Å². The second-order valence-electron chi connectivity index (χ2n) is 8.84. The summed E-state index contributed by atoms with van der Waals surface area (Å²) in [5.74, 6) is -0.339. The van der Waals surface area contributed by atoms with Crippen molar-refractivity contribution in [2.75, 3.05) is 19.6 Å². The third kappa shape index (κ3) is 6.11. The van der Waals surface area contributed by atoms with Gasteiger partial charge in [-0.3, -0.25) is 4.79 Å². The molecule has 7 heteroatoms.